The molecule has 1 saturated heterocycles. The Labute approximate surface area is 78.6 Å². The molecule has 0 amide bonds. The van der Waals surface area contributed by atoms with Gasteiger partial charge in [0.2, 0.25) is 0 Å². The van der Waals surface area contributed by atoms with Gasteiger partial charge in [-0.25, -0.2) is 0 Å². The fourth-order valence-electron chi connectivity index (χ4n) is 2.00. The van der Waals surface area contributed by atoms with Gasteiger partial charge in [0, 0.05) is 6.04 Å². The standard InChI is InChI=1S/C11H15NO/c1-8-7-9(13)4-5-10(8)11-3-2-6-12-11/h4-5,7,11-13H,2-3,6H2,1H3. The lowest BCUT2D eigenvalue weighted by Gasteiger charge is -2.13. The van der Waals surface area contributed by atoms with Crippen molar-refractivity contribution in [2.75, 3.05) is 6.54 Å². The smallest absolute Gasteiger partial charge is 0.115 e. The van der Waals surface area contributed by atoms with E-state index in [1.165, 1.54) is 24.0 Å². The maximum atomic E-state index is 9.26. The van der Waals surface area contributed by atoms with Gasteiger partial charge in [0.05, 0.1) is 0 Å². The summed E-state index contributed by atoms with van der Waals surface area (Å²) in [7, 11) is 0. The van der Waals surface area contributed by atoms with Crippen LogP contribution in [0.15, 0.2) is 18.2 Å². The molecule has 0 aliphatic carbocycles. The quantitative estimate of drug-likeness (QED) is 0.688. The van der Waals surface area contributed by atoms with Crippen LogP contribution >= 0.6 is 0 Å². The molecule has 1 fully saturated rings. The monoisotopic (exact) mass is 177 g/mol. The molecule has 1 atom stereocenters. The van der Waals surface area contributed by atoms with Gasteiger partial charge in [-0.15, -0.1) is 0 Å². The number of rotatable bonds is 1. The van der Waals surface area contributed by atoms with Crippen molar-refractivity contribution in [1.29, 1.82) is 0 Å². The van der Waals surface area contributed by atoms with Crippen molar-refractivity contribution in [1.82, 2.24) is 5.32 Å². The Morgan fingerprint density at radius 2 is 2.31 bits per heavy atom. The van der Waals surface area contributed by atoms with E-state index < -0.39 is 0 Å². The van der Waals surface area contributed by atoms with Crippen molar-refractivity contribution < 1.29 is 5.11 Å². The van der Waals surface area contributed by atoms with Crippen LogP contribution in [0.5, 0.6) is 5.75 Å². The third kappa shape index (κ3) is 1.68. The van der Waals surface area contributed by atoms with E-state index >= 15 is 0 Å². The van der Waals surface area contributed by atoms with Crippen LogP contribution < -0.4 is 5.32 Å². The number of benzene rings is 1. The van der Waals surface area contributed by atoms with Crippen LogP contribution in [0.4, 0.5) is 0 Å². The van der Waals surface area contributed by atoms with Crippen LogP contribution in [0.2, 0.25) is 0 Å². The summed E-state index contributed by atoms with van der Waals surface area (Å²) in [5, 5.41) is 12.7. The van der Waals surface area contributed by atoms with E-state index in [0.717, 1.165) is 6.54 Å². The minimum absolute atomic E-state index is 0.360. The molecule has 1 heterocycles. The van der Waals surface area contributed by atoms with Gasteiger partial charge in [-0.2, -0.15) is 0 Å². The summed E-state index contributed by atoms with van der Waals surface area (Å²) in [5.74, 6) is 0.360. The van der Waals surface area contributed by atoms with Crippen molar-refractivity contribution >= 4 is 0 Å². The van der Waals surface area contributed by atoms with Crippen LogP contribution in [0.1, 0.15) is 30.0 Å². The first-order valence-corrected chi connectivity index (χ1v) is 4.80. The predicted molar refractivity (Wildman–Crippen MR) is 52.8 cm³/mol. The van der Waals surface area contributed by atoms with Crippen LogP contribution in [-0.4, -0.2) is 11.7 Å². The van der Waals surface area contributed by atoms with Gasteiger partial charge in [0.25, 0.3) is 0 Å². The highest BCUT2D eigenvalue weighted by Gasteiger charge is 2.17. The molecule has 70 valence electrons. The average Bonchev–Trinajstić information content (AvgIpc) is 2.56. The highest BCUT2D eigenvalue weighted by Crippen LogP contribution is 2.27. The summed E-state index contributed by atoms with van der Waals surface area (Å²) >= 11 is 0. The number of hydrogen-bond acceptors (Lipinski definition) is 2. The molecule has 2 nitrogen and oxygen atoms in total. The molecular formula is C11H15NO. The fraction of sp³-hybridized carbons (Fsp3) is 0.455. The van der Waals surface area contributed by atoms with Crippen molar-refractivity contribution in [2.24, 2.45) is 0 Å². The van der Waals surface area contributed by atoms with Crippen molar-refractivity contribution in [3.05, 3.63) is 29.3 Å². The zero-order chi connectivity index (χ0) is 9.26. The first-order chi connectivity index (χ1) is 6.27. The Kier molecular flexibility index (Phi) is 2.23. The van der Waals surface area contributed by atoms with Gasteiger partial charge < -0.3 is 10.4 Å². The first kappa shape index (κ1) is 8.57. The molecule has 1 unspecified atom stereocenters. The van der Waals surface area contributed by atoms with Crippen LogP contribution in [0.3, 0.4) is 0 Å². The minimum Gasteiger partial charge on any atom is -0.508 e. The van der Waals surface area contributed by atoms with Crippen molar-refractivity contribution in [3.8, 4) is 5.75 Å². The molecule has 0 aromatic heterocycles. The fourth-order valence-corrected chi connectivity index (χ4v) is 2.00. The number of hydrogen-bond donors (Lipinski definition) is 2. The van der Waals surface area contributed by atoms with E-state index in [0.29, 0.717) is 11.8 Å². The molecule has 13 heavy (non-hydrogen) atoms. The Balaban J connectivity index is 2.29. The summed E-state index contributed by atoms with van der Waals surface area (Å²) in [6.45, 7) is 3.17. The Hall–Kier alpha value is -1.02. The number of aromatic hydroxyl groups is 1. The lowest BCUT2D eigenvalue weighted by atomic mass is 10.00. The molecular weight excluding hydrogens is 162 g/mol. The summed E-state index contributed by atoms with van der Waals surface area (Å²) in [6, 6.07) is 6.12. The molecule has 0 spiro atoms. The van der Waals surface area contributed by atoms with Crippen LogP contribution in [0, 0.1) is 6.92 Å². The molecule has 1 aromatic carbocycles. The zero-order valence-electron chi connectivity index (χ0n) is 7.88. The van der Waals surface area contributed by atoms with E-state index in [2.05, 4.69) is 12.2 Å². The van der Waals surface area contributed by atoms with Gasteiger partial charge in [-0.1, -0.05) is 6.07 Å². The van der Waals surface area contributed by atoms with E-state index in [4.69, 9.17) is 0 Å². The number of nitrogens with one attached hydrogen (secondary N) is 1. The molecule has 2 heteroatoms. The molecule has 2 rings (SSSR count). The highest BCUT2D eigenvalue weighted by molar-refractivity contribution is 5.36. The Morgan fingerprint density at radius 3 is 2.92 bits per heavy atom. The average molecular weight is 177 g/mol. The first-order valence-electron chi connectivity index (χ1n) is 4.80. The molecule has 1 aliphatic heterocycles. The third-order valence-electron chi connectivity index (χ3n) is 2.69. The maximum absolute atomic E-state index is 9.26. The molecule has 1 aliphatic rings. The lowest BCUT2D eigenvalue weighted by molar-refractivity contribution is 0.474. The van der Waals surface area contributed by atoms with Gasteiger partial charge in [0.15, 0.2) is 0 Å². The Morgan fingerprint density at radius 1 is 1.46 bits per heavy atom. The molecule has 1 aromatic rings. The second kappa shape index (κ2) is 3.38. The molecule has 0 bridgehead atoms. The second-order valence-corrected chi connectivity index (χ2v) is 3.69. The summed E-state index contributed by atoms with van der Waals surface area (Å²) in [5.41, 5.74) is 2.51. The minimum atomic E-state index is 0.360. The molecule has 2 N–H and O–H groups in total. The van der Waals surface area contributed by atoms with E-state index in [9.17, 15) is 5.11 Å². The summed E-state index contributed by atoms with van der Waals surface area (Å²) in [4.78, 5) is 0. The Bertz CT molecular complexity index is 303. The SMILES string of the molecule is Cc1cc(O)ccc1C1CCCN1. The largest absolute Gasteiger partial charge is 0.508 e. The zero-order valence-corrected chi connectivity index (χ0v) is 7.88. The summed E-state index contributed by atoms with van der Waals surface area (Å²) in [6.07, 6.45) is 2.47. The maximum Gasteiger partial charge on any atom is 0.115 e. The number of phenols is 1. The van der Waals surface area contributed by atoms with E-state index in [1.807, 2.05) is 12.1 Å². The van der Waals surface area contributed by atoms with E-state index in [-0.39, 0.29) is 0 Å². The van der Waals surface area contributed by atoms with Crippen LogP contribution in [0.25, 0.3) is 0 Å². The topological polar surface area (TPSA) is 32.3 Å². The van der Waals surface area contributed by atoms with Crippen molar-refractivity contribution in [2.45, 2.75) is 25.8 Å². The second-order valence-electron chi connectivity index (χ2n) is 3.69. The van der Waals surface area contributed by atoms with Gasteiger partial charge >= 0.3 is 0 Å². The summed E-state index contributed by atoms with van der Waals surface area (Å²) < 4.78 is 0. The molecule has 0 saturated carbocycles. The number of phenolic OH excluding ortho intramolecular Hbond substituents is 1. The predicted octanol–water partition coefficient (Wildman–Crippen LogP) is 2.13. The van der Waals surface area contributed by atoms with Gasteiger partial charge in [-0.3, -0.25) is 0 Å². The van der Waals surface area contributed by atoms with Gasteiger partial charge in [-0.05, 0) is 49.6 Å². The lowest BCUT2D eigenvalue weighted by Crippen LogP contribution is -2.13. The van der Waals surface area contributed by atoms with E-state index in [1.54, 1.807) is 6.07 Å². The third-order valence-corrected chi connectivity index (χ3v) is 2.69. The molecule has 0 radical (unpaired) electrons. The highest BCUT2D eigenvalue weighted by atomic mass is 16.3. The van der Waals surface area contributed by atoms with Crippen molar-refractivity contribution in [3.63, 3.8) is 0 Å². The van der Waals surface area contributed by atoms with Gasteiger partial charge in [0.1, 0.15) is 5.75 Å². The van der Waals surface area contributed by atoms with Crippen LogP contribution in [-0.2, 0) is 0 Å². The number of aryl methyl sites for hydroxylation is 1. The normalized spacial score (nSPS) is 22.1.